The summed E-state index contributed by atoms with van der Waals surface area (Å²) in [5.41, 5.74) is 0.0959. The van der Waals surface area contributed by atoms with Crippen molar-refractivity contribution in [3.63, 3.8) is 0 Å². The van der Waals surface area contributed by atoms with Crippen LogP contribution in [0.15, 0.2) is 9.98 Å². The highest BCUT2D eigenvalue weighted by atomic mass is 35.5. The molecule has 0 fully saturated rings. The molecule has 0 unspecified atom stereocenters. The van der Waals surface area contributed by atoms with Crippen LogP contribution in [0.3, 0.4) is 0 Å². The van der Waals surface area contributed by atoms with E-state index >= 15 is 0 Å². The summed E-state index contributed by atoms with van der Waals surface area (Å²) in [6.45, 7) is 9.28. The van der Waals surface area contributed by atoms with E-state index in [0.717, 1.165) is 25.8 Å². The minimum Gasteiger partial charge on any atom is -0.226 e. The van der Waals surface area contributed by atoms with Crippen LogP contribution in [-0.2, 0) is 0 Å². The number of rotatable bonds is 5. The van der Waals surface area contributed by atoms with Crippen LogP contribution in [0.25, 0.3) is 0 Å². The second kappa shape index (κ2) is 8.28. The minimum atomic E-state index is 0. The standard InChI is InChI=1S/C10H20N2.ClH/c1-5-10(6-2,7-3)12-9-11-8-4;/h5-8H2,1-4H3;1H. The molecule has 0 bridgehead atoms. The van der Waals surface area contributed by atoms with E-state index in [0.29, 0.717) is 0 Å². The van der Waals surface area contributed by atoms with E-state index in [1.54, 1.807) is 0 Å². The maximum absolute atomic E-state index is 4.38. The first-order valence-electron chi connectivity index (χ1n) is 4.88. The van der Waals surface area contributed by atoms with Crippen molar-refractivity contribution in [1.82, 2.24) is 0 Å². The van der Waals surface area contributed by atoms with Gasteiger partial charge in [0.25, 0.3) is 0 Å². The zero-order valence-corrected chi connectivity index (χ0v) is 9.95. The zero-order chi connectivity index (χ0) is 9.45. The Labute approximate surface area is 88.0 Å². The van der Waals surface area contributed by atoms with Crippen LogP contribution in [-0.4, -0.2) is 18.1 Å². The Morgan fingerprint density at radius 3 is 1.77 bits per heavy atom. The van der Waals surface area contributed by atoms with Gasteiger partial charge < -0.3 is 0 Å². The summed E-state index contributed by atoms with van der Waals surface area (Å²) < 4.78 is 0. The van der Waals surface area contributed by atoms with Crippen LogP contribution in [0.1, 0.15) is 47.0 Å². The van der Waals surface area contributed by atoms with E-state index in [4.69, 9.17) is 0 Å². The van der Waals surface area contributed by atoms with Gasteiger partial charge in [-0.15, -0.1) is 12.4 Å². The molecule has 0 radical (unpaired) electrons. The third-order valence-electron chi connectivity index (χ3n) is 2.49. The van der Waals surface area contributed by atoms with E-state index in [1.165, 1.54) is 0 Å². The van der Waals surface area contributed by atoms with Gasteiger partial charge in [0.05, 0.1) is 11.5 Å². The van der Waals surface area contributed by atoms with E-state index < -0.39 is 0 Å². The lowest BCUT2D eigenvalue weighted by atomic mass is 9.91. The van der Waals surface area contributed by atoms with Crippen LogP contribution in [0, 0.1) is 0 Å². The molecule has 0 N–H and O–H groups in total. The molecular formula is C10H21ClN2. The van der Waals surface area contributed by atoms with Crippen LogP contribution in [0.4, 0.5) is 0 Å². The molecule has 0 rings (SSSR count). The molecule has 0 saturated heterocycles. The van der Waals surface area contributed by atoms with Crippen LogP contribution in [0.5, 0.6) is 0 Å². The molecule has 0 aliphatic carbocycles. The molecule has 78 valence electrons. The monoisotopic (exact) mass is 204 g/mol. The second-order valence-corrected chi connectivity index (χ2v) is 2.97. The molecule has 0 heterocycles. The Kier molecular flexibility index (Phi) is 9.65. The van der Waals surface area contributed by atoms with Gasteiger partial charge in [-0.1, -0.05) is 20.8 Å². The average Bonchev–Trinajstić information content (AvgIpc) is 2.14. The molecule has 0 atom stereocenters. The van der Waals surface area contributed by atoms with Gasteiger partial charge in [0.2, 0.25) is 0 Å². The fourth-order valence-corrected chi connectivity index (χ4v) is 1.20. The molecule has 0 amide bonds. The van der Waals surface area contributed by atoms with Gasteiger partial charge in [0, 0.05) is 6.54 Å². The molecule has 0 spiro atoms. The lowest BCUT2D eigenvalue weighted by Crippen LogP contribution is -2.22. The van der Waals surface area contributed by atoms with E-state index in [9.17, 15) is 0 Å². The summed E-state index contributed by atoms with van der Waals surface area (Å²) in [6.07, 6.45) is 3.23. The molecule has 3 heteroatoms. The summed E-state index contributed by atoms with van der Waals surface area (Å²) >= 11 is 0. The highest BCUT2D eigenvalue weighted by molar-refractivity contribution is 5.85. The molecule has 2 nitrogen and oxygen atoms in total. The fourth-order valence-electron chi connectivity index (χ4n) is 1.20. The van der Waals surface area contributed by atoms with Gasteiger partial charge in [0.1, 0.15) is 0 Å². The highest BCUT2D eigenvalue weighted by Gasteiger charge is 2.21. The van der Waals surface area contributed by atoms with Gasteiger partial charge >= 0.3 is 0 Å². The minimum absolute atomic E-state index is 0. The summed E-state index contributed by atoms with van der Waals surface area (Å²) in [5, 5.41) is 0. The molecule has 0 aliphatic heterocycles. The number of nitrogens with zero attached hydrogens (tertiary/aromatic N) is 2. The zero-order valence-electron chi connectivity index (χ0n) is 9.13. The first kappa shape index (κ1) is 15.2. The van der Waals surface area contributed by atoms with Crippen molar-refractivity contribution in [2.45, 2.75) is 52.5 Å². The van der Waals surface area contributed by atoms with Gasteiger partial charge in [0.15, 0.2) is 0 Å². The normalized spacial score (nSPS) is 9.85. The van der Waals surface area contributed by atoms with Crippen molar-refractivity contribution in [3.8, 4) is 0 Å². The van der Waals surface area contributed by atoms with Crippen molar-refractivity contribution in [3.05, 3.63) is 0 Å². The molecule has 13 heavy (non-hydrogen) atoms. The highest BCUT2D eigenvalue weighted by Crippen LogP contribution is 2.23. The average molecular weight is 205 g/mol. The van der Waals surface area contributed by atoms with E-state index in [1.807, 2.05) is 6.92 Å². The lowest BCUT2D eigenvalue weighted by molar-refractivity contribution is 0.388. The van der Waals surface area contributed by atoms with Crippen LogP contribution >= 0.6 is 12.4 Å². The largest absolute Gasteiger partial charge is 0.226 e. The Balaban J connectivity index is 0. The molecular weight excluding hydrogens is 184 g/mol. The van der Waals surface area contributed by atoms with Crippen LogP contribution in [0.2, 0.25) is 0 Å². The Morgan fingerprint density at radius 1 is 1.00 bits per heavy atom. The number of aliphatic imine (C=N–C) groups is 2. The number of hydrogen-bond acceptors (Lipinski definition) is 2. The maximum Gasteiger partial charge on any atom is 0.0898 e. The van der Waals surface area contributed by atoms with E-state index in [-0.39, 0.29) is 17.9 Å². The third-order valence-corrected chi connectivity index (χ3v) is 2.49. The fraction of sp³-hybridized carbons (Fsp3) is 0.900. The Hall–Kier alpha value is -0.330. The van der Waals surface area contributed by atoms with Gasteiger partial charge in [-0.2, -0.15) is 0 Å². The predicted octanol–water partition coefficient (Wildman–Crippen LogP) is 3.57. The first-order chi connectivity index (χ1) is 5.74. The molecule has 0 aromatic carbocycles. The predicted molar refractivity (Wildman–Crippen MR) is 61.3 cm³/mol. The molecule has 0 aromatic heterocycles. The van der Waals surface area contributed by atoms with Gasteiger partial charge in [-0.3, -0.25) is 0 Å². The smallest absolute Gasteiger partial charge is 0.0898 e. The molecule has 0 saturated carbocycles. The lowest BCUT2D eigenvalue weighted by Gasteiger charge is -2.23. The topological polar surface area (TPSA) is 24.7 Å². The van der Waals surface area contributed by atoms with Crippen molar-refractivity contribution in [1.29, 1.82) is 0 Å². The van der Waals surface area contributed by atoms with Crippen molar-refractivity contribution >= 4 is 18.4 Å². The SMILES string of the molecule is CCN=C=NC(CC)(CC)CC.Cl. The first-order valence-corrected chi connectivity index (χ1v) is 4.88. The summed E-state index contributed by atoms with van der Waals surface area (Å²) in [5.74, 6) is 0. The Morgan fingerprint density at radius 2 is 1.46 bits per heavy atom. The number of hydrogen-bond donors (Lipinski definition) is 0. The van der Waals surface area contributed by atoms with Crippen molar-refractivity contribution in [2.24, 2.45) is 9.98 Å². The molecule has 0 aliphatic rings. The number of halogens is 1. The van der Waals surface area contributed by atoms with E-state index in [2.05, 4.69) is 36.8 Å². The van der Waals surface area contributed by atoms with Gasteiger partial charge in [-0.25, -0.2) is 9.98 Å². The summed E-state index contributed by atoms with van der Waals surface area (Å²) in [4.78, 5) is 8.37. The van der Waals surface area contributed by atoms with Crippen molar-refractivity contribution < 1.29 is 0 Å². The maximum atomic E-state index is 4.38. The van der Waals surface area contributed by atoms with Crippen molar-refractivity contribution in [2.75, 3.05) is 6.54 Å². The Bertz CT molecular complexity index is 159. The molecule has 0 aromatic rings. The second-order valence-electron chi connectivity index (χ2n) is 2.97. The summed E-state index contributed by atoms with van der Waals surface area (Å²) in [6, 6.07) is 2.78. The quantitative estimate of drug-likeness (QED) is 0.612. The third kappa shape index (κ3) is 5.07. The summed E-state index contributed by atoms with van der Waals surface area (Å²) in [7, 11) is 0. The van der Waals surface area contributed by atoms with Gasteiger partial charge in [-0.05, 0) is 26.2 Å². The van der Waals surface area contributed by atoms with Crippen LogP contribution < -0.4 is 0 Å².